The summed E-state index contributed by atoms with van der Waals surface area (Å²) in [6.45, 7) is 0. The molecule has 2 aromatic carbocycles. The average molecular weight is 315 g/mol. The van der Waals surface area contributed by atoms with Gasteiger partial charge in [0.1, 0.15) is 5.56 Å². The molecule has 0 aliphatic heterocycles. The van der Waals surface area contributed by atoms with Crippen molar-refractivity contribution < 1.29 is 9.90 Å². The standard InChI is InChI=1S/C20H13NO3/c22-19-16(20(23)24)12-15(13-6-2-1-3-7-13)18-11-10-14-8-4-5-9-17(14)21(18)19/h1-12H,(H,23,24). The fraction of sp³-hybridized carbons (Fsp3) is 0. The molecule has 0 amide bonds. The quantitative estimate of drug-likeness (QED) is 0.572. The fourth-order valence-electron chi connectivity index (χ4n) is 3.04. The first kappa shape index (κ1) is 14.2. The lowest BCUT2D eigenvalue weighted by Crippen LogP contribution is -2.22. The van der Waals surface area contributed by atoms with E-state index in [0.29, 0.717) is 11.0 Å². The Labute approximate surface area is 137 Å². The summed E-state index contributed by atoms with van der Waals surface area (Å²) in [6, 6.07) is 22.2. The van der Waals surface area contributed by atoms with E-state index >= 15 is 0 Å². The maximum Gasteiger partial charge on any atom is 0.341 e. The zero-order valence-corrected chi connectivity index (χ0v) is 12.6. The molecule has 116 valence electrons. The highest BCUT2D eigenvalue weighted by atomic mass is 16.4. The summed E-state index contributed by atoms with van der Waals surface area (Å²) in [6.07, 6.45) is 0. The molecule has 1 N–H and O–H groups in total. The van der Waals surface area contributed by atoms with E-state index < -0.39 is 11.5 Å². The molecular weight excluding hydrogens is 302 g/mol. The summed E-state index contributed by atoms with van der Waals surface area (Å²) in [5.41, 5.74) is 2.22. The van der Waals surface area contributed by atoms with Crippen molar-refractivity contribution in [2.24, 2.45) is 0 Å². The van der Waals surface area contributed by atoms with Crippen molar-refractivity contribution in [2.75, 3.05) is 0 Å². The summed E-state index contributed by atoms with van der Waals surface area (Å²) in [5.74, 6) is -1.22. The Bertz CT molecular complexity index is 1140. The lowest BCUT2D eigenvalue weighted by Gasteiger charge is -2.12. The number of hydrogen-bond acceptors (Lipinski definition) is 2. The van der Waals surface area contributed by atoms with Crippen molar-refractivity contribution in [3.8, 4) is 11.1 Å². The van der Waals surface area contributed by atoms with Gasteiger partial charge in [-0.05, 0) is 29.1 Å². The van der Waals surface area contributed by atoms with Crippen LogP contribution in [0.1, 0.15) is 10.4 Å². The van der Waals surface area contributed by atoms with Gasteiger partial charge in [0, 0.05) is 5.56 Å². The van der Waals surface area contributed by atoms with E-state index in [1.54, 1.807) is 0 Å². The minimum Gasteiger partial charge on any atom is -0.477 e. The molecule has 0 bridgehead atoms. The molecule has 0 aliphatic carbocycles. The molecule has 0 unspecified atom stereocenters. The minimum absolute atomic E-state index is 0.234. The summed E-state index contributed by atoms with van der Waals surface area (Å²) in [4.78, 5) is 24.3. The van der Waals surface area contributed by atoms with Crippen LogP contribution in [-0.2, 0) is 0 Å². The third-order valence-electron chi connectivity index (χ3n) is 4.15. The van der Waals surface area contributed by atoms with Gasteiger partial charge < -0.3 is 5.11 Å². The van der Waals surface area contributed by atoms with Crippen LogP contribution < -0.4 is 5.56 Å². The highest BCUT2D eigenvalue weighted by Gasteiger charge is 2.17. The van der Waals surface area contributed by atoms with Crippen molar-refractivity contribution in [1.82, 2.24) is 4.40 Å². The Hall–Kier alpha value is -3.40. The molecule has 0 saturated carbocycles. The molecule has 0 saturated heterocycles. The first-order valence-corrected chi connectivity index (χ1v) is 7.53. The second-order valence-electron chi connectivity index (χ2n) is 5.56. The zero-order valence-electron chi connectivity index (χ0n) is 12.6. The molecule has 2 aromatic heterocycles. The molecule has 4 heteroatoms. The number of fused-ring (bicyclic) bond motifs is 3. The van der Waals surface area contributed by atoms with Crippen molar-refractivity contribution in [3.63, 3.8) is 0 Å². The topological polar surface area (TPSA) is 58.8 Å². The fourth-order valence-corrected chi connectivity index (χ4v) is 3.04. The van der Waals surface area contributed by atoms with Crippen LogP contribution in [0.25, 0.3) is 27.5 Å². The van der Waals surface area contributed by atoms with E-state index in [-0.39, 0.29) is 5.56 Å². The molecule has 24 heavy (non-hydrogen) atoms. The molecule has 0 aliphatic rings. The first-order valence-electron chi connectivity index (χ1n) is 7.53. The molecule has 0 spiro atoms. The number of carboxylic acids is 1. The Morgan fingerprint density at radius 1 is 0.833 bits per heavy atom. The molecule has 4 nitrogen and oxygen atoms in total. The van der Waals surface area contributed by atoms with Crippen molar-refractivity contribution in [2.45, 2.75) is 0 Å². The van der Waals surface area contributed by atoms with E-state index in [1.807, 2.05) is 66.7 Å². The second-order valence-corrected chi connectivity index (χ2v) is 5.56. The monoisotopic (exact) mass is 315 g/mol. The van der Waals surface area contributed by atoms with Gasteiger partial charge in [0.25, 0.3) is 5.56 Å². The smallest absolute Gasteiger partial charge is 0.341 e. The van der Waals surface area contributed by atoms with Crippen LogP contribution in [0.3, 0.4) is 0 Å². The molecule has 0 radical (unpaired) electrons. The van der Waals surface area contributed by atoms with Gasteiger partial charge in [0.05, 0.1) is 11.0 Å². The van der Waals surface area contributed by atoms with Crippen molar-refractivity contribution >= 4 is 22.4 Å². The number of benzene rings is 2. The maximum atomic E-state index is 12.7. The summed E-state index contributed by atoms with van der Waals surface area (Å²) < 4.78 is 1.49. The summed E-state index contributed by atoms with van der Waals surface area (Å²) >= 11 is 0. The third kappa shape index (κ3) is 2.08. The van der Waals surface area contributed by atoms with Crippen LogP contribution in [0, 0.1) is 0 Å². The molecular formula is C20H13NO3. The SMILES string of the molecule is O=C(O)c1cc(-c2ccccc2)c2ccc3ccccc3n2c1=O. The first-order chi connectivity index (χ1) is 11.7. The normalized spacial score (nSPS) is 11.0. The van der Waals surface area contributed by atoms with E-state index in [1.165, 1.54) is 10.5 Å². The van der Waals surface area contributed by atoms with E-state index in [9.17, 15) is 14.7 Å². The number of para-hydroxylation sites is 1. The highest BCUT2D eigenvalue weighted by molar-refractivity contribution is 5.95. The number of aromatic nitrogens is 1. The molecule has 4 aromatic rings. The van der Waals surface area contributed by atoms with Gasteiger partial charge in [-0.15, -0.1) is 0 Å². The number of rotatable bonds is 2. The van der Waals surface area contributed by atoms with Gasteiger partial charge >= 0.3 is 5.97 Å². The molecule has 4 rings (SSSR count). The number of carbonyl (C=O) groups is 1. The molecule has 0 atom stereocenters. The molecule has 0 fully saturated rings. The van der Waals surface area contributed by atoms with Crippen LogP contribution in [0.4, 0.5) is 0 Å². The van der Waals surface area contributed by atoms with Gasteiger partial charge in [-0.1, -0.05) is 54.6 Å². The number of carboxylic acid groups (broad SMARTS) is 1. The van der Waals surface area contributed by atoms with Crippen LogP contribution in [0.5, 0.6) is 0 Å². The Morgan fingerprint density at radius 2 is 1.54 bits per heavy atom. The highest BCUT2D eigenvalue weighted by Crippen LogP contribution is 2.27. The Kier molecular flexibility index (Phi) is 3.17. The number of hydrogen-bond donors (Lipinski definition) is 1. The van der Waals surface area contributed by atoms with Crippen LogP contribution in [-0.4, -0.2) is 15.5 Å². The summed E-state index contributed by atoms with van der Waals surface area (Å²) in [7, 11) is 0. The van der Waals surface area contributed by atoms with Gasteiger partial charge in [-0.2, -0.15) is 0 Å². The predicted molar refractivity (Wildman–Crippen MR) is 93.6 cm³/mol. The van der Waals surface area contributed by atoms with Crippen LogP contribution >= 0.6 is 0 Å². The summed E-state index contributed by atoms with van der Waals surface area (Å²) in [5, 5.41) is 10.3. The van der Waals surface area contributed by atoms with Gasteiger partial charge in [0.2, 0.25) is 0 Å². The van der Waals surface area contributed by atoms with E-state index in [0.717, 1.165) is 16.5 Å². The van der Waals surface area contributed by atoms with Gasteiger partial charge in [-0.25, -0.2) is 4.79 Å². The second kappa shape index (κ2) is 5.35. The van der Waals surface area contributed by atoms with Crippen LogP contribution in [0.15, 0.2) is 77.6 Å². The van der Waals surface area contributed by atoms with Gasteiger partial charge in [0.15, 0.2) is 0 Å². The van der Waals surface area contributed by atoms with Crippen molar-refractivity contribution in [1.29, 1.82) is 0 Å². The predicted octanol–water partition coefficient (Wildman–Crippen LogP) is 3.82. The number of aromatic carboxylic acids is 1. The van der Waals surface area contributed by atoms with E-state index in [4.69, 9.17) is 0 Å². The van der Waals surface area contributed by atoms with Crippen molar-refractivity contribution in [3.05, 3.63) is 88.7 Å². The minimum atomic E-state index is -1.22. The van der Waals surface area contributed by atoms with Crippen LogP contribution in [0.2, 0.25) is 0 Å². The number of nitrogens with zero attached hydrogens (tertiary/aromatic N) is 1. The van der Waals surface area contributed by atoms with Gasteiger partial charge in [-0.3, -0.25) is 9.20 Å². The zero-order chi connectivity index (χ0) is 16.7. The Balaban J connectivity index is 2.25. The van der Waals surface area contributed by atoms with E-state index in [2.05, 4.69) is 0 Å². The number of pyridine rings is 2. The average Bonchev–Trinajstić information content (AvgIpc) is 2.62. The lowest BCUT2D eigenvalue weighted by molar-refractivity contribution is 0.0695. The largest absolute Gasteiger partial charge is 0.477 e. The Morgan fingerprint density at radius 3 is 2.29 bits per heavy atom. The maximum absolute atomic E-state index is 12.7. The third-order valence-corrected chi connectivity index (χ3v) is 4.15. The lowest BCUT2D eigenvalue weighted by atomic mass is 10.0. The molecule has 2 heterocycles.